The second kappa shape index (κ2) is 15.7. The van der Waals surface area contributed by atoms with Gasteiger partial charge in [-0.3, -0.25) is 0 Å². The minimum Gasteiger partial charge on any atom is -0.870 e. The Bertz CT molecular complexity index is 34.7. The molecule has 0 amide bonds. The zero-order valence-electron chi connectivity index (χ0n) is 3.88. The third-order valence-electron chi connectivity index (χ3n) is 0. The predicted octanol–water partition coefficient (Wildman–Crippen LogP) is -6.00. The Labute approximate surface area is 103 Å². The topological polar surface area (TPSA) is 93.2 Å². The van der Waals surface area contributed by atoms with Crippen LogP contribution < -0.4 is 39.8 Å². The quantitative estimate of drug-likeness (QED) is 0.392. The van der Waals surface area contributed by atoms with E-state index in [4.69, 9.17) is 15.0 Å². The summed E-state index contributed by atoms with van der Waals surface area (Å²) in [6, 6.07) is 0. The van der Waals surface area contributed by atoms with Crippen LogP contribution in [0.4, 0.5) is 4.79 Å². The van der Waals surface area contributed by atoms with Crippen LogP contribution >= 0.6 is 0 Å². The molecule has 0 fully saturated rings. The van der Waals surface area contributed by atoms with Crippen LogP contribution in [-0.4, -0.2) is 60.5 Å². The molecule has 7 heavy (non-hydrogen) atoms. The Hall–Kier alpha value is 1.80. The van der Waals surface area contributed by atoms with E-state index >= 15 is 0 Å². The molecule has 0 aromatic rings. The number of carbonyl (C=O) groups is 1. The number of carbonyl (C=O) groups excluding carboxylic acids is 1. The fraction of sp³-hybridized carbons (Fsp3) is 0. The molecule has 0 saturated carbocycles. The zero-order valence-corrected chi connectivity index (χ0v) is 10.3. The molecule has 0 aromatic heterocycles. The summed E-state index contributed by atoms with van der Waals surface area (Å²) in [6.45, 7) is 0. The Morgan fingerprint density at radius 1 is 1.29 bits per heavy atom. The summed E-state index contributed by atoms with van der Waals surface area (Å²) >= 11 is 0. The van der Waals surface area contributed by atoms with Crippen LogP contribution in [0.5, 0.6) is 0 Å². The van der Waals surface area contributed by atoms with Crippen molar-refractivity contribution < 1.29 is 50.0 Å². The van der Waals surface area contributed by atoms with Gasteiger partial charge in [0.1, 0.15) is 0 Å². The van der Waals surface area contributed by atoms with E-state index in [9.17, 15) is 0 Å². The molecule has 0 spiro atoms. The van der Waals surface area contributed by atoms with Gasteiger partial charge in [-0.05, 0) is 6.16 Å². The van der Waals surface area contributed by atoms with Gasteiger partial charge in [-0.1, -0.05) is 0 Å². The summed E-state index contributed by atoms with van der Waals surface area (Å²) < 4.78 is 0. The average Bonchev–Trinajstić information content (AvgIpc) is 0.811. The van der Waals surface area contributed by atoms with Crippen LogP contribution in [0.2, 0.25) is 0 Å². The predicted molar refractivity (Wildman–Crippen MR) is 13.1 cm³/mol. The van der Waals surface area contributed by atoms with E-state index in [1.165, 1.54) is 0 Å². The average molecular weight is 237 g/mol. The van der Waals surface area contributed by atoms with E-state index in [0.29, 0.717) is 0 Å². The first-order chi connectivity index (χ1) is 1.73. The number of rotatable bonds is 0. The summed E-state index contributed by atoms with van der Waals surface area (Å²) in [5.74, 6) is 0. The van der Waals surface area contributed by atoms with Crippen LogP contribution in [0.25, 0.3) is 0 Å². The summed E-state index contributed by atoms with van der Waals surface area (Å²) in [5, 5.41) is 16.7. The molecule has 0 aromatic carbocycles. The smallest absolute Gasteiger partial charge is 0.870 e. The number of carboxylic acid groups (broad SMARTS) is 2. The van der Waals surface area contributed by atoms with Gasteiger partial charge in [0.05, 0.1) is 0 Å². The molecule has 0 aliphatic rings. The van der Waals surface area contributed by atoms with Gasteiger partial charge in [0.15, 0.2) is 0 Å². The Morgan fingerprint density at radius 2 is 1.29 bits per heavy atom. The van der Waals surface area contributed by atoms with Crippen molar-refractivity contribution in [1.82, 2.24) is 0 Å². The SMILES string of the molecule is O=C([O-])[O-].[Ba+2].[Na+].[OH-]. The zero-order chi connectivity index (χ0) is 3.58. The Morgan fingerprint density at radius 3 is 1.29 bits per heavy atom. The molecule has 0 saturated heterocycles. The molecule has 0 rings (SSSR count). The van der Waals surface area contributed by atoms with Gasteiger partial charge in [0.2, 0.25) is 0 Å². The van der Waals surface area contributed by atoms with Gasteiger partial charge >= 0.3 is 78.4 Å². The fourth-order valence-electron chi connectivity index (χ4n) is 0. The molecule has 0 unspecified atom stereocenters. The van der Waals surface area contributed by atoms with Crippen molar-refractivity contribution in [2.75, 3.05) is 0 Å². The van der Waals surface area contributed by atoms with Gasteiger partial charge in [0, 0.05) is 0 Å². The molecular formula is CHBaNaO4. The molecule has 0 radical (unpaired) electrons. The first kappa shape index (κ1) is 23.2. The molecular weight excluding hydrogens is 236 g/mol. The van der Waals surface area contributed by atoms with Gasteiger partial charge in [-0.15, -0.1) is 0 Å². The van der Waals surface area contributed by atoms with Crippen molar-refractivity contribution in [2.45, 2.75) is 0 Å². The maximum atomic E-state index is 8.33. The summed E-state index contributed by atoms with van der Waals surface area (Å²) in [5.41, 5.74) is 0. The molecule has 0 heterocycles. The standard InChI is InChI=1S/CH2O3.Ba.Na.H2O/c2-1(3)4;;;/h(H2,2,3,4);;;1H2/q;+2;+1;/p-3. The second-order valence-electron chi connectivity index (χ2n) is 0.250. The molecule has 0 aliphatic heterocycles. The number of hydrogen-bond acceptors (Lipinski definition) is 4. The van der Waals surface area contributed by atoms with Crippen molar-refractivity contribution in [1.29, 1.82) is 0 Å². The summed E-state index contributed by atoms with van der Waals surface area (Å²) in [6.07, 6.45) is -2.33. The van der Waals surface area contributed by atoms with Gasteiger partial charge in [-0.25, -0.2) is 0 Å². The fourth-order valence-corrected chi connectivity index (χ4v) is 0. The molecule has 0 atom stereocenters. The van der Waals surface area contributed by atoms with Crippen LogP contribution in [0, 0.1) is 0 Å². The summed E-state index contributed by atoms with van der Waals surface area (Å²) in [4.78, 5) is 8.33. The molecule has 0 aliphatic carbocycles. The van der Waals surface area contributed by atoms with Crippen LogP contribution in [0.3, 0.4) is 0 Å². The van der Waals surface area contributed by atoms with Crippen LogP contribution in [0.1, 0.15) is 0 Å². The van der Waals surface area contributed by atoms with Gasteiger partial charge in [-0.2, -0.15) is 0 Å². The second-order valence-corrected chi connectivity index (χ2v) is 0.250. The van der Waals surface area contributed by atoms with E-state index in [1.54, 1.807) is 0 Å². The molecule has 4 nitrogen and oxygen atoms in total. The minimum absolute atomic E-state index is 0. The van der Waals surface area contributed by atoms with Crippen LogP contribution in [0.15, 0.2) is 0 Å². The third-order valence-corrected chi connectivity index (χ3v) is 0. The van der Waals surface area contributed by atoms with E-state index in [-0.39, 0.29) is 83.9 Å². The van der Waals surface area contributed by atoms with Crippen molar-refractivity contribution >= 4 is 55.0 Å². The first-order valence-electron chi connectivity index (χ1n) is 0.612. The van der Waals surface area contributed by atoms with E-state index in [1.807, 2.05) is 0 Å². The van der Waals surface area contributed by atoms with Crippen molar-refractivity contribution in [3.8, 4) is 0 Å². The van der Waals surface area contributed by atoms with Crippen molar-refractivity contribution in [2.24, 2.45) is 0 Å². The largest absolute Gasteiger partial charge is 2.00 e. The van der Waals surface area contributed by atoms with Crippen molar-refractivity contribution in [3.05, 3.63) is 0 Å². The maximum Gasteiger partial charge on any atom is 2.00 e. The van der Waals surface area contributed by atoms with E-state index in [0.717, 1.165) is 0 Å². The third kappa shape index (κ3) is 80.9. The molecule has 0 bridgehead atoms. The van der Waals surface area contributed by atoms with Crippen LogP contribution in [-0.2, 0) is 0 Å². The minimum atomic E-state index is -2.33. The van der Waals surface area contributed by atoms with Gasteiger partial charge < -0.3 is 20.5 Å². The van der Waals surface area contributed by atoms with Gasteiger partial charge in [0.25, 0.3) is 0 Å². The van der Waals surface area contributed by atoms with E-state index < -0.39 is 6.16 Å². The Balaban J connectivity index is -0.0000000150. The first-order valence-corrected chi connectivity index (χ1v) is 0.612. The summed E-state index contributed by atoms with van der Waals surface area (Å²) in [7, 11) is 0. The maximum absolute atomic E-state index is 8.33. The Kier molecular flexibility index (Phi) is 52.0. The molecule has 32 valence electrons. The normalized spacial score (nSPS) is 3.43. The molecule has 6 heteroatoms. The number of hydrogen-bond donors (Lipinski definition) is 0. The van der Waals surface area contributed by atoms with Crippen molar-refractivity contribution in [3.63, 3.8) is 0 Å². The van der Waals surface area contributed by atoms with E-state index in [2.05, 4.69) is 0 Å². The molecule has 1 N–H and O–H groups in total. The monoisotopic (exact) mass is 238 g/mol.